The lowest BCUT2D eigenvalue weighted by Gasteiger charge is -2.16. The third-order valence-corrected chi connectivity index (χ3v) is 9.00. The van der Waals surface area contributed by atoms with Crippen molar-refractivity contribution in [2.75, 3.05) is 38.6 Å². The second-order valence-electron chi connectivity index (χ2n) is 10.1. The molecule has 1 amide bonds. The van der Waals surface area contributed by atoms with Crippen LogP contribution in [0.2, 0.25) is 0 Å². The number of rotatable bonds is 13. The number of carbonyl (C=O) groups is 1. The number of aliphatic hydroxyl groups is 1. The van der Waals surface area contributed by atoms with Gasteiger partial charge in [-0.1, -0.05) is 0 Å². The Kier molecular flexibility index (Phi) is 13.2. The number of benzene rings is 2. The van der Waals surface area contributed by atoms with E-state index in [1.165, 1.54) is 55.0 Å². The number of aliphatic hydroxyl groups excluding tert-OH is 1. The molecule has 4 rings (SSSR count). The smallest absolute Gasteiger partial charge is 0.257 e. The van der Waals surface area contributed by atoms with Crippen molar-refractivity contribution < 1.29 is 41.6 Å². The normalized spacial score (nSPS) is 12.2. The zero-order valence-electron chi connectivity index (χ0n) is 25.7. The summed E-state index contributed by atoms with van der Waals surface area (Å²) < 4.78 is 57.4. The van der Waals surface area contributed by atoms with Crippen LogP contribution in [-0.2, 0) is 36.9 Å². The predicted molar refractivity (Wildman–Crippen MR) is 175 cm³/mol. The van der Waals surface area contributed by atoms with E-state index in [-0.39, 0.29) is 29.8 Å². The fourth-order valence-electron chi connectivity index (χ4n) is 3.52. The number of hydrogen-bond donors (Lipinski definition) is 2. The lowest BCUT2D eigenvalue weighted by molar-refractivity contribution is 0.0916. The minimum atomic E-state index is -3.34. The topological polar surface area (TPSA) is 163 Å². The summed E-state index contributed by atoms with van der Waals surface area (Å²) in [6.07, 6.45) is 0.833. The summed E-state index contributed by atoms with van der Waals surface area (Å²) in [5.41, 5.74) is 1.58. The summed E-state index contributed by atoms with van der Waals surface area (Å²) in [4.78, 5) is 21.5. The van der Waals surface area contributed by atoms with Gasteiger partial charge >= 0.3 is 0 Å². The van der Waals surface area contributed by atoms with E-state index < -0.39 is 23.1 Å². The number of sulfone groups is 1. The Morgan fingerprint density at radius 1 is 1.02 bits per heavy atom. The van der Waals surface area contributed by atoms with Crippen molar-refractivity contribution in [2.45, 2.75) is 38.1 Å². The number of thiazole rings is 2. The number of nitrogens with zero attached hydrogens (tertiary/aromatic N) is 2. The van der Waals surface area contributed by atoms with Crippen LogP contribution in [0.25, 0.3) is 0 Å². The molecule has 0 aliphatic carbocycles. The Bertz CT molecular complexity index is 1720. The molecule has 4 aromatic rings. The number of amides is 1. The molecule has 0 fully saturated rings. The van der Waals surface area contributed by atoms with Crippen LogP contribution < -0.4 is 14.8 Å². The number of aromatic nitrogens is 2. The van der Waals surface area contributed by atoms with Crippen LogP contribution in [0.5, 0.6) is 17.2 Å². The highest BCUT2D eigenvalue weighted by atomic mass is 32.2. The van der Waals surface area contributed by atoms with E-state index >= 15 is 0 Å². The van der Waals surface area contributed by atoms with E-state index in [2.05, 4.69) is 15.3 Å². The van der Waals surface area contributed by atoms with Crippen molar-refractivity contribution >= 4 is 50.9 Å². The molecule has 0 spiro atoms. The molecule has 2 N–H and O–H groups in total. The average molecular weight is 698 g/mol. The molecule has 0 unspecified atom stereocenters. The molecule has 2 aromatic heterocycles. The molecule has 2 aromatic carbocycles. The number of aryl methyl sites for hydroxylation is 1. The number of methoxy groups -OCH3 is 1. The molecule has 244 valence electrons. The molecule has 0 aliphatic heterocycles. The number of carbonyl (C=O) groups excluding carboxylic acids is 1. The molecule has 0 saturated heterocycles. The van der Waals surface area contributed by atoms with Gasteiger partial charge in [0.25, 0.3) is 5.91 Å². The van der Waals surface area contributed by atoms with Crippen LogP contribution in [0.3, 0.4) is 0 Å². The maximum atomic E-state index is 13.0. The first-order valence-electron chi connectivity index (χ1n) is 13.4. The molecule has 12 nitrogen and oxygen atoms in total. The van der Waals surface area contributed by atoms with E-state index in [1.54, 1.807) is 36.0 Å². The standard InChI is InChI=1S/C24H29N2O8PS2.C5H7NOS/c1-16(13-31-2)33-20-10-17(23(27)26-24-25-18(15-36-24)14-32-35(3,4)28)11-21(12-20)34-19-6-8-22(9-7-19)37(5,29)30;1-4-6-5(2-7)3-8-4/h6-12,15-16H,13-14H2,1-5H3,(H,25,26,27);3,7H,2H2,1H3/t16-;/m0./s1. The van der Waals surface area contributed by atoms with Crippen molar-refractivity contribution in [2.24, 2.45) is 0 Å². The fraction of sp³-hybridized carbons (Fsp3) is 0.345. The summed E-state index contributed by atoms with van der Waals surface area (Å²) in [7, 11) is -4.44. The van der Waals surface area contributed by atoms with Crippen LogP contribution in [0, 0.1) is 6.92 Å². The number of nitrogens with one attached hydrogen (secondary N) is 1. The minimum absolute atomic E-state index is 0.0599. The number of ether oxygens (including phenoxy) is 3. The van der Waals surface area contributed by atoms with Gasteiger partial charge in [0, 0.05) is 49.1 Å². The molecule has 0 radical (unpaired) electrons. The number of anilines is 1. The zero-order chi connectivity index (χ0) is 33.2. The molecule has 0 saturated carbocycles. The van der Waals surface area contributed by atoms with Crippen LogP contribution in [0.15, 0.2) is 58.1 Å². The van der Waals surface area contributed by atoms with Gasteiger partial charge in [0.05, 0.1) is 41.1 Å². The summed E-state index contributed by atoms with van der Waals surface area (Å²) >= 11 is 2.77. The van der Waals surface area contributed by atoms with Gasteiger partial charge in [-0.05, 0) is 50.2 Å². The minimum Gasteiger partial charge on any atom is -0.488 e. The van der Waals surface area contributed by atoms with Gasteiger partial charge in [-0.25, -0.2) is 18.4 Å². The van der Waals surface area contributed by atoms with E-state index in [0.29, 0.717) is 34.7 Å². The number of hydrogen-bond acceptors (Lipinski definition) is 13. The Hall–Kier alpha value is -3.17. The average Bonchev–Trinajstić information content (AvgIpc) is 3.60. The summed E-state index contributed by atoms with van der Waals surface area (Å²) in [5, 5.41) is 16.2. The molecular formula is C29H36N3O9PS3. The van der Waals surface area contributed by atoms with Crippen LogP contribution >= 0.6 is 30.0 Å². The predicted octanol–water partition coefficient (Wildman–Crippen LogP) is 6.00. The second-order valence-corrected chi connectivity index (χ2v) is 16.8. The van der Waals surface area contributed by atoms with Crippen LogP contribution in [0.4, 0.5) is 5.13 Å². The summed E-state index contributed by atoms with van der Waals surface area (Å²) in [5.74, 6) is 0.638. The first-order chi connectivity index (χ1) is 21.1. The van der Waals surface area contributed by atoms with E-state index in [0.717, 1.165) is 17.0 Å². The molecular weight excluding hydrogens is 662 g/mol. The van der Waals surface area contributed by atoms with Crippen molar-refractivity contribution in [3.8, 4) is 17.2 Å². The van der Waals surface area contributed by atoms with Crippen molar-refractivity contribution in [3.05, 3.63) is 75.2 Å². The molecule has 1 atom stereocenters. The highest BCUT2D eigenvalue weighted by molar-refractivity contribution is 7.90. The highest BCUT2D eigenvalue weighted by Crippen LogP contribution is 2.38. The van der Waals surface area contributed by atoms with Gasteiger partial charge in [0.1, 0.15) is 23.4 Å². The van der Waals surface area contributed by atoms with Gasteiger partial charge in [-0.2, -0.15) is 0 Å². The Morgan fingerprint density at radius 2 is 1.69 bits per heavy atom. The third-order valence-electron chi connectivity index (χ3n) is 5.49. The highest BCUT2D eigenvalue weighted by Gasteiger charge is 2.16. The summed E-state index contributed by atoms with van der Waals surface area (Å²) in [6.45, 7) is 7.26. The molecule has 0 bridgehead atoms. The molecule has 45 heavy (non-hydrogen) atoms. The zero-order valence-corrected chi connectivity index (χ0v) is 29.0. The first kappa shape index (κ1) is 36.3. The van der Waals surface area contributed by atoms with Gasteiger partial charge in [0.15, 0.2) is 22.3 Å². The largest absolute Gasteiger partial charge is 0.488 e. The van der Waals surface area contributed by atoms with Gasteiger partial charge in [-0.15, -0.1) is 22.7 Å². The fourth-order valence-corrected chi connectivity index (χ4v) is 5.89. The summed E-state index contributed by atoms with van der Waals surface area (Å²) in [6, 6.07) is 10.7. The van der Waals surface area contributed by atoms with Gasteiger partial charge in [0.2, 0.25) is 0 Å². The first-order valence-corrected chi connectivity index (χ1v) is 19.6. The second kappa shape index (κ2) is 16.4. The Morgan fingerprint density at radius 3 is 2.24 bits per heavy atom. The monoisotopic (exact) mass is 697 g/mol. The van der Waals surface area contributed by atoms with Crippen molar-refractivity contribution in [1.29, 1.82) is 0 Å². The Balaban J connectivity index is 0.000000598. The van der Waals surface area contributed by atoms with E-state index in [4.69, 9.17) is 23.8 Å². The maximum absolute atomic E-state index is 13.0. The van der Waals surface area contributed by atoms with Gasteiger partial charge < -0.3 is 23.8 Å². The van der Waals surface area contributed by atoms with Crippen molar-refractivity contribution in [1.82, 2.24) is 9.97 Å². The van der Waals surface area contributed by atoms with Gasteiger partial charge in [-0.3, -0.25) is 14.7 Å². The van der Waals surface area contributed by atoms with E-state index in [1.807, 2.05) is 19.2 Å². The third kappa shape index (κ3) is 12.6. The molecule has 2 heterocycles. The van der Waals surface area contributed by atoms with Crippen molar-refractivity contribution in [3.63, 3.8) is 0 Å². The molecule has 16 heteroatoms. The lowest BCUT2D eigenvalue weighted by Crippen LogP contribution is -2.18. The van der Waals surface area contributed by atoms with E-state index in [9.17, 15) is 17.8 Å². The Labute approximate surface area is 270 Å². The molecule has 0 aliphatic rings. The van der Waals surface area contributed by atoms with Crippen LogP contribution in [0.1, 0.15) is 33.7 Å². The lowest BCUT2D eigenvalue weighted by atomic mass is 10.2. The quantitative estimate of drug-likeness (QED) is 0.158. The maximum Gasteiger partial charge on any atom is 0.257 e. The SMILES string of the molecule is COC[C@H](C)Oc1cc(Oc2ccc(S(C)(=O)=O)cc2)cc(C(=O)Nc2nc(COP(C)(C)=O)cs2)c1.Cc1nc(CO)cs1. The van der Waals surface area contributed by atoms with Crippen LogP contribution in [-0.4, -0.2) is 68.8 Å².